The standard InChI is InChI=1S/C11H17NO3/c1-11(10(14)15,8-5-6-8)12-9(13)7-3-2-4-7/h7-8H,2-6H2,1H3,(H,12,13)(H,14,15). The summed E-state index contributed by atoms with van der Waals surface area (Å²) in [4.78, 5) is 22.9. The summed E-state index contributed by atoms with van der Waals surface area (Å²) < 4.78 is 0. The summed E-state index contributed by atoms with van der Waals surface area (Å²) in [6.45, 7) is 1.63. The van der Waals surface area contributed by atoms with Crippen LogP contribution >= 0.6 is 0 Å². The highest BCUT2D eigenvalue weighted by Gasteiger charge is 2.49. The first-order valence-corrected chi connectivity index (χ1v) is 5.59. The maximum Gasteiger partial charge on any atom is 0.329 e. The molecule has 2 fully saturated rings. The Labute approximate surface area is 89.0 Å². The SMILES string of the molecule is CC(NC(=O)C1CCC1)(C(=O)O)C1CC1. The highest BCUT2D eigenvalue weighted by atomic mass is 16.4. The smallest absolute Gasteiger partial charge is 0.329 e. The molecule has 0 spiro atoms. The van der Waals surface area contributed by atoms with Crippen molar-refractivity contribution in [3.63, 3.8) is 0 Å². The van der Waals surface area contributed by atoms with Crippen molar-refractivity contribution in [1.29, 1.82) is 0 Å². The predicted octanol–water partition coefficient (Wildman–Crippen LogP) is 1.16. The summed E-state index contributed by atoms with van der Waals surface area (Å²) in [6.07, 6.45) is 4.73. The first-order valence-electron chi connectivity index (χ1n) is 5.59. The van der Waals surface area contributed by atoms with Crippen molar-refractivity contribution in [2.45, 2.75) is 44.6 Å². The first kappa shape index (κ1) is 10.5. The van der Waals surface area contributed by atoms with Crippen molar-refractivity contribution in [2.24, 2.45) is 11.8 Å². The van der Waals surface area contributed by atoms with Crippen molar-refractivity contribution in [3.8, 4) is 0 Å². The van der Waals surface area contributed by atoms with Gasteiger partial charge in [0.25, 0.3) is 0 Å². The van der Waals surface area contributed by atoms with Crippen LogP contribution in [0.5, 0.6) is 0 Å². The molecule has 1 unspecified atom stereocenters. The third kappa shape index (κ3) is 1.85. The predicted molar refractivity (Wildman–Crippen MR) is 54.2 cm³/mol. The lowest BCUT2D eigenvalue weighted by atomic mass is 9.83. The van der Waals surface area contributed by atoms with E-state index in [4.69, 9.17) is 5.11 Å². The van der Waals surface area contributed by atoms with Crippen LogP contribution in [0.25, 0.3) is 0 Å². The molecule has 4 heteroatoms. The molecular weight excluding hydrogens is 194 g/mol. The molecule has 84 valence electrons. The lowest BCUT2D eigenvalue weighted by Crippen LogP contribution is -2.56. The molecule has 1 atom stereocenters. The molecule has 2 rings (SSSR count). The number of rotatable bonds is 4. The summed E-state index contributed by atoms with van der Waals surface area (Å²) >= 11 is 0. The van der Waals surface area contributed by atoms with Crippen LogP contribution in [0.1, 0.15) is 39.0 Å². The molecule has 2 N–H and O–H groups in total. The van der Waals surface area contributed by atoms with Crippen molar-refractivity contribution in [1.82, 2.24) is 5.32 Å². The molecule has 0 aromatic carbocycles. The van der Waals surface area contributed by atoms with Crippen LogP contribution in [0.3, 0.4) is 0 Å². The van der Waals surface area contributed by atoms with Crippen molar-refractivity contribution in [3.05, 3.63) is 0 Å². The van der Waals surface area contributed by atoms with E-state index in [1.54, 1.807) is 6.92 Å². The van der Waals surface area contributed by atoms with Crippen LogP contribution in [0.2, 0.25) is 0 Å². The largest absolute Gasteiger partial charge is 0.480 e. The highest BCUT2D eigenvalue weighted by molar-refractivity contribution is 5.88. The van der Waals surface area contributed by atoms with Gasteiger partial charge in [0.05, 0.1) is 0 Å². The summed E-state index contributed by atoms with van der Waals surface area (Å²) in [7, 11) is 0. The second kappa shape index (κ2) is 3.51. The lowest BCUT2D eigenvalue weighted by Gasteiger charge is -2.31. The minimum atomic E-state index is -1.04. The first-order chi connectivity index (χ1) is 7.04. The fourth-order valence-electron chi connectivity index (χ4n) is 2.02. The van der Waals surface area contributed by atoms with Gasteiger partial charge in [-0.3, -0.25) is 4.79 Å². The normalized spacial score (nSPS) is 25.1. The second-order valence-corrected chi connectivity index (χ2v) is 4.90. The molecular formula is C11H17NO3. The number of carbonyl (C=O) groups is 2. The van der Waals surface area contributed by atoms with Crippen LogP contribution in [-0.4, -0.2) is 22.5 Å². The Kier molecular flexibility index (Phi) is 2.44. The van der Waals surface area contributed by atoms with E-state index in [9.17, 15) is 9.59 Å². The topological polar surface area (TPSA) is 66.4 Å². The number of amides is 1. The van der Waals surface area contributed by atoms with Crippen LogP contribution in [0, 0.1) is 11.8 Å². The minimum Gasteiger partial charge on any atom is -0.480 e. The van der Waals surface area contributed by atoms with Gasteiger partial charge in [0.1, 0.15) is 5.54 Å². The molecule has 0 heterocycles. The molecule has 0 aromatic heterocycles. The molecule has 0 radical (unpaired) electrons. The van der Waals surface area contributed by atoms with E-state index in [0.29, 0.717) is 0 Å². The molecule has 2 aliphatic carbocycles. The average Bonchev–Trinajstić information content (AvgIpc) is 2.81. The van der Waals surface area contributed by atoms with E-state index < -0.39 is 11.5 Å². The van der Waals surface area contributed by atoms with E-state index in [-0.39, 0.29) is 17.7 Å². The number of nitrogens with one attached hydrogen (secondary N) is 1. The van der Waals surface area contributed by atoms with Gasteiger partial charge >= 0.3 is 5.97 Å². The summed E-state index contributed by atoms with van der Waals surface area (Å²) in [6, 6.07) is 0. The molecule has 0 aromatic rings. The zero-order valence-corrected chi connectivity index (χ0v) is 8.95. The maximum absolute atomic E-state index is 11.7. The van der Waals surface area contributed by atoms with E-state index >= 15 is 0 Å². The average molecular weight is 211 g/mol. The summed E-state index contributed by atoms with van der Waals surface area (Å²) in [5.74, 6) is -0.794. The zero-order chi connectivity index (χ0) is 11.1. The Morgan fingerprint density at radius 1 is 1.27 bits per heavy atom. The Morgan fingerprint density at radius 2 is 1.87 bits per heavy atom. The molecule has 15 heavy (non-hydrogen) atoms. The molecule has 0 saturated heterocycles. The molecule has 1 amide bonds. The van der Waals surface area contributed by atoms with Gasteiger partial charge in [-0.15, -0.1) is 0 Å². The van der Waals surface area contributed by atoms with Gasteiger partial charge in [-0.25, -0.2) is 4.79 Å². The number of carboxylic acid groups (broad SMARTS) is 1. The quantitative estimate of drug-likeness (QED) is 0.733. The van der Waals surface area contributed by atoms with E-state index in [2.05, 4.69) is 5.32 Å². The van der Waals surface area contributed by atoms with Crippen LogP contribution in [0.15, 0.2) is 0 Å². The Bertz CT molecular complexity index is 294. The van der Waals surface area contributed by atoms with Gasteiger partial charge in [-0.2, -0.15) is 0 Å². The summed E-state index contributed by atoms with van der Waals surface area (Å²) in [5.41, 5.74) is -1.04. The Hall–Kier alpha value is -1.06. The third-order valence-electron chi connectivity index (χ3n) is 3.70. The molecule has 2 saturated carbocycles. The summed E-state index contributed by atoms with van der Waals surface area (Å²) in [5, 5.41) is 11.9. The Morgan fingerprint density at radius 3 is 2.20 bits per heavy atom. The van der Waals surface area contributed by atoms with Gasteiger partial charge in [0, 0.05) is 5.92 Å². The monoisotopic (exact) mass is 211 g/mol. The van der Waals surface area contributed by atoms with E-state index in [0.717, 1.165) is 32.1 Å². The maximum atomic E-state index is 11.7. The number of carbonyl (C=O) groups excluding carboxylic acids is 1. The molecule has 0 aliphatic heterocycles. The second-order valence-electron chi connectivity index (χ2n) is 4.90. The van der Waals surface area contributed by atoms with Gasteiger partial charge in [0.15, 0.2) is 0 Å². The zero-order valence-electron chi connectivity index (χ0n) is 8.95. The van der Waals surface area contributed by atoms with Crippen LogP contribution in [-0.2, 0) is 9.59 Å². The van der Waals surface area contributed by atoms with Gasteiger partial charge in [-0.1, -0.05) is 6.42 Å². The van der Waals surface area contributed by atoms with Crippen LogP contribution in [0.4, 0.5) is 0 Å². The fraction of sp³-hybridized carbons (Fsp3) is 0.818. The Balaban J connectivity index is 1.99. The minimum absolute atomic E-state index is 0.0578. The van der Waals surface area contributed by atoms with Gasteiger partial charge in [-0.05, 0) is 38.5 Å². The number of hydrogen-bond donors (Lipinski definition) is 2. The molecule has 4 nitrogen and oxygen atoms in total. The van der Waals surface area contributed by atoms with Crippen LogP contribution < -0.4 is 5.32 Å². The van der Waals surface area contributed by atoms with Gasteiger partial charge in [0.2, 0.25) is 5.91 Å². The fourth-order valence-corrected chi connectivity index (χ4v) is 2.02. The van der Waals surface area contributed by atoms with Crippen molar-refractivity contribution >= 4 is 11.9 Å². The molecule has 0 bridgehead atoms. The van der Waals surface area contributed by atoms with Crippen molar-refractivity contribution in [2.75, 3.05) is 0 Å². The van der Waals surface area contributed by atoms with Crippen molar-refractivity contribution < 1.29 is 14.7 Å². The van der Waals surface area contributed by atoms with Gasteiger partial charge < -0.3 is 10.4 Å². The lowest BCUT2D eigenvalue weighted by molar-refractivity contribution is -0.149. The van der Waals surface area contributed by atoms with E-state index in [1.165, 1.54) is 0 Å². The molecule has 2 aliphatic rings. The van der Waals surface area contributed by atoms with E-state index in [1.807, 2.05) is 0 Å². The number of hydrogen-bond acceptors (Lipinski definition) is 2. The number of carboxylic acids is 1. The third-order valence-corrected chi connectivity index (χ3v) is 3.70. The highest BCUT2D eigenvalue weighted by Crippen LogP contribution is 2.40. The number of aliphatic carboxylic acids is 1.